The predicted octanol–water partition coefficient (Wildman–Crippen LogP) is 3.94. The number of carbonyl (C=O) groups is 1. The fraction of sp³-hybridized carbons (Fsp3) is 0.412. The zero-order valence-corrected chi connectivity index (χ0v) is 13.5. The molecule has 0 fully saturated rings. The van der Waals surface area contributed by atoms with Crippen LogP contribution in [0.5, 0.6) is 0 Å². The Kier molecular flexibility index (Phi) is 6.01. The van der Waals surface area contributed by atoms with Gasteiger partial charge in [0.2, 0.25) is 0 Å². The summed E-state index contributed by atoms with van der Waals surface area (Å²) >= 11 is 6.25. The third-order valence-corrected chi connectivity index (χ3v) is 4.02. The standard InChI is InChI=1S/C17H21ClN2O2/c1-2-3-8-16-19-11-14(9-10-17(21)22)20(16)12-13-6-4-5-7-15(13)18/h4-7,11H,2-3,8-10,12H2,1H3,(H,21,22). The molecular weight excluding hydrogens is 300 g/mol. The van der Waals surface area contributed by atoms with Crippen molar-refractivity contribution >= 4 is 17.6 Å². The van der Waals surface area contributed by atoms with Gasteiger partial charge in [-0.05, 0) is 24.5 Å². The number of halogens is 1. The molecule has 0 amide bonds. The lowest BCUT2D eigenvalue weighted by atomic mass is 10.2. The van der Waals surface area contributed by atoms with E-state index in [2.05, 4.69) is 16.5 Å². The van der Waals surface area contributed by atoms with Crippen molar-refractivity contribution in [3.8, 4) is 0 Å². The lowest BCUT2D eigenvalue weighted by Crippen LogP contribution is -2.10. The molecule has 1 aromatic heterocycles. The molecule has 22 heavy (non-hydrogen) atoms. The van der Waals surface area contributed by atoms with Crippen molar-refractivity contribution < 1.29 is 9.90 Å². The molecule has 1 aromatic carbocycles. The molecule has 0 aliphatic rings. The summed E-state index contributed by atoms with van der Waals surface area (Å²) in [6, 6.07) is 7.73. The average Bonchev–Trinajstić information content (AvgIpc) is 2.87. The van der Waals surface area contributed by atoms with Gasteiger partial charge in [-0.15, -0.1) is 0 Å². The van der Waals surface area contributed by atoms with Crippen LogP contribution in [0.2, 0.25) is 5.02 Å². The third kappa shape index (κ3) is 4.34. The maximum atomic E-state index is 10.8. The maximum Gasteiger partial charge on any atom is 0.303 e. The van der Waals surface area contributed by atoms with E-state index in [9.17, 15) is 4.79 Å². The second-order valence-electron chi connectivity index (χ2n) is 5.34. The largest absolute Gasteiger partial charge is 0.481 e. The predicted molar refractivity (Wildman–Crippen MR) is 87.3 cm³/mol. The van der Waals surface area contributed by atoms with Crippen LogP contribution in [0.3, 0.4) is 0 Å². The Labute approximate surface area is 135 Å². The third-order valence-electron chi connectivity index (χ3n) is 3.66. The first-order valence-electron chi connectivity index (χ1n) is 7.60. The van der Waals surface area contributed by atoms with Crippen molar-refractivity contribution in [3.63, 3.8) is 0 Å². The van der Waals surface area contributed by atoms with E-state index in [4.69, 9.17) is 16.7 Å². The van der Waals surface area contributed by atoms with Crippen LogP contribution < -0.4 is 0 Å². The Morgan fingerprint density at radius 3 is 2.77 bits per heavy atom. The number of aromatic nitrogens is 2. The van der Waals surface area contributed by atoms with Gasteiger partial charge in [0, 0.05) is 23.3 Å². The fourth-order valence-electron chi connectivity index (χ4n) is 2.41. The molecule has 0 spiro atoms. The number of aliphatic carboxylic acids is 1. The SMILES string of the molecule is CCCCc1ncc(CCC(=O)O)n1Cc1ccccc1Cl. The van der Waals surface area contributed by atoms with Gasteiger partial charge < -0.3 is 9.67 Å². The summed E-state index contributed by atoms with van der Waals surface area (Å²) in [7, 11) is 0. The highest BCUT2D eigenvalue weighted by atomic mass is 35.5. The Morgan fingerprint density at radius 1 is 1.32 bits per heavy atom. The van der Waals surface area contributed by atoms with Crippen molar-refractivity contribution in [3.05, 3.63) is 52.6 Å². The van der Waals surface area contributed by atoms with Crippen molar-refractivity contribution in [2.24, 2.45) is 0 Å². The number of hydrogen-bond acceptors (Lipinski definition) is 2. The van der Waals surface area contributed by atoms with Gasteiger partial charge in [-0.1, -0.05) is 43.1 Å². The van der Waals surface area contributed by atoms with Crippen molar-refractivity contribution in [2.45, 2.75) is 45.6 Å². The Hall–Kier alpha value is -1.81. The summed E-state index contributed by atoms with van der Waals surface area (Å²) in [4.78, 5) is 15.3. The zero-order valence-electron chi connectivity index (χ0n) is 12.8. The summed E-state index contributed by atoms with van der Waals surface area (Å²) in [5, 5.41) is 9.62. The van der Waals surface area contributed by atoms with Crippen molar-refractivity contribution in [2.75, 3.05) is 0 Å². The number of hydrogen-bond donors (Lipinski definition) is 1. The van der Waals surface area contributed by atoms with Gasteiger partial charge in [-0.3, -0.25) is 4.79 Å². The molecule has 0 saturated heterocycles. The van der Waals surface area contributed by atoms with Gasteiger partial charge in [0.05, 0.1) is 13.0 Å². The molecular formula is C17H21ClN2O2. The van der Waals surface area contributed by atoms with Crippen LogP contribution in [0.15, 0.2) is 30.5 Å². The molecule has 0 saturated carbocycles. The number of unbranched alkanes of at least 4 members (excludes halogenated alkanes) is 1. The summed E-state index contributed by atoms with van der Waals surface area (Å²) in [6.07, 6.45) is 5.46. The number of carboxylic acids is 1. The Morgan fingerprint density at radius 2 is 2.09 bits per heavy atom. The van der Waals surface area contributed by atoms with Crippen LogP contribution in [-0.2, 0) is 24.2 Å². The lowest BCUT2D eigenvalue weighted by Gasteiger charge is -2.13. The molecule has 2 aromatic rings. The highest BCUT2D eigenvalue weighted by Crippen LogP contribution is 2.19. The van der Waals surface area contributed by atoms with Gasteiger partial charge in [0.25, 0.3) is 0 Å². The average molecular weight is 321 g/mol. The number of carboxylic acid groups (broad SMARTS) is 1. The van der Waals surface area contributed by atoms with E-state index in [0.717, 1.165) is 41.4 Å². The molecule has 1 heterocycles. The molecule has 2 rings (SSSR count). The van der Waals surface area contributed by atoms with E-state index in [-0.39, 0.29) is 6.42 Å². The number of aryl methyl sites for hydroxylation is 2. The number of imidazole rings is 1. The molecule has 0 bridgehead atoms. The van der Waals surface area contributed by atoms with Gasteiger partial charge in [0.1, 0.15) is 5.82 Å². The van der Waals surface area contributed by atoms with E-state index < -0.39 is 5.97 Å². The first-order valence-corrected chi connectivity index (χ1v) is 7.98. The minimum atomic E-state index is -0.791. The number of benzene rings is 1. The van der Waals surface area contributed by atoms with Crippen LogP contribution in [0.1, 0.15) is 43.3 Å². The molecule has 0 aliphatic carbocycles. The van der Waals surface area contributed by atoms with Gasteiger partial charge in [0.15, 0.2) is 0 Å². The van der Waals surface area contributed by atoms with Crippen molar-refractivity contribution in [1.29, 1.82) is 0 Å². The van der Waals surface area contributed by atoms with Crippen LogP contribution in [-0.4, -0.2) is 20.6 Å². The monoisotopic (exact) mass is 320 g/mol. The Balaban J connectivity index is 2.26. The second kappa shape index (κ2) is 7.99. The highest BCUT2D eigenvalue weighted by Gasteiger charge is 2.12. The lowest BCUT2D eigenvalue weighted by molar-refractivity contribution is -0.136. The summed E-state index contributed by atoms with van der Waals surface area (Å²) in [5.74, 6) is 0.211. The minimum absolute atomic E-state index is 0.113. The zero-order chi connectivity index (χ0) is 15.9. The van der Waals surface area contributed by atoms with Gasteiger partial charge >= 0.3 is 5.97 Å². The smallest absolute Gasteiger partial charge is 0.303 e. The fourth-order valence-corrected chi connectivity index (χ4v) is 2.61. The van der Waals surface area contributed by atoms with Crippen LogP contribution >= 0.6 is 11.6 Å². The molecule has 5 heteroatoms. The van der Waals surface area contributed by atoms with E-state index in [1.165, 1.54) is 0 Å². The molecule has 0 unspecified atom stereocenters. The topological polar surface area (TPSA) is 55.1 Å². The van der Waals surface area contributed by atoms with Crippen molar-refractivity contribution in [1.82, 2.24) is 9.55 Å². The maximum absolute atomic E-state index is 10.8. The van der Waals surface area contributed by atoms with E-state index in [1.807, 2.05) is 24.3 Å². The molecule has 0 aliphatic heterocycles. The first-order chi connectivity index (χ1) is 10.6. The summed E-state index contributed by atoms with van der Waals surface area (Å²) in [6.45, 7) is 2.78. The van der Waals surface area contributed by atoms with Crippen LogP contribution in [0.25, 0.3) is 0 Å². The normalized spacial score (nSPS) is 10.8. The summed E-state index contributed by atoms with van der Waals surface area (Å²) < 4.78 is 2.11. The quantitative estimate of drug-likeness (QED) is 0.801. The number of nitrogens with zero attached hydrogens (tertiary/aromatic N) is 2. The van der Waals surface area contributed by atoms with E-state index in [1.54, 1.807) is 6.20 Å². The van der Waals surface area contributed by atoms with E-state index >= 15 is 0 Å². The van der Waals surface area contributed by atoms with E-state index in [0.29, 0.717) is 13.0 Å². The number of rotatable bonds is 8. The second-order valence-corrected chi connectivity index (χ2v) is 5.75. The molecule has 1 N–H and O–H groups in total. The molecule has 0 radical (unpaired) electrons. The van der Waals surface area contributed by atoms with Crippen LogP contribution in [0, 0.1) is 0 Å². The minimum Gasteiger partial charge on any atom is -0.481 e. The molecule has 118 valence electrons. The van der Waals surface area contributed by atoms with Gasteiger partial charge in [-0.2, -0.15) is 0 Å². The van der Waals surface area contributed by atoms with Gasteiger partial charge in [-0.25, -0.2) is 4.98 Å². The van der Waals surface area contributed by atoms with Crippen LogP contribution in [0.4, 0.5) is 0 Å². The summed E-state index contributed by atoms with van der Waals surface area (Å²) in [5.41, 5.74) is 1.98. The first kappa shape index (κ1) is 16.6. The molecule has 4 nitrogen and oxygen atoms in total. The highest BCUT2D eigenvalue weighted by molar-refractivity contribution is 6.31. The molecule has 0 atom stereocenters. The Bertz CT molecular complexity index is 637.